The number of carbonyl (C=O) groups is 1. The average Bonchev–Trinajstić information content (AvgIpc) is 3.51. The number of carbonyl (C=O) groups excluding carboxylic acids is 1. The third-order valence-corrected chi connectivity index (χ3v) is 7.49. The SMILES string of the molecule is CC(C)(C)c1ccc(OCc2nnc(SCC(=O)N3CCCC3c3cccs3)n2N)cc1. The quantitative estimate of drug-likeness (QED) is 0.406. The van der Waals surface area contributed by atoms with Gasteiger partial charge in [0.2, 0.25) is 11.1 Å². The van der Waals surface area contributed by atoms with Crippen molar-refractivity contribution in [2.45, 2.75) is 56.8 Å². The van der Waals surface area contributed by atoms with Gasteiger partial charge in [-0.3, -0.25) is 4.79 Å². The number of aromatic nitrogens is 3. The van der Waals surface area contributed by atoms with Gasteiger partial charge in [0.05, 0.1) is 11.8 Å². The van der Waals surface area contributed by atoms with E-state index in [9.17, 15) is 4.79 Å². The Bertz CT molecular complexity index is 1040. The number of likely N-dealkylation sites (tertiary alicyclic amines) is 1. The van der Waals surface area contributed by atoms with Crippen molar-refractivity contribution in [3.05, 3.63) is 58.0 Å². The van der Waals surface area contributed by atoms with Crippen molar-refractivity contribution in [3.8, 4) is 5.75 Å². The van der Waals surface area contributed by atoms with E-state index in [2.05, 4.69) is 54.5 Å². The largest absolute Gasteiger partial charge is 0.486 e. The van der Waals surface area contributed by atoms with E-state index < -0.39 is 0 Å². The molecule has 1 aliphatic heterocycles. The lowest BCUT2D eigenvalue weighted by atomic mass is 9.87. The van der Waals surface area contributed by atoms with Gasteiger partial charge < -0.3 is 15.5 Å². The van der Waals surface area contributed by atoms with Gasteiger partial charge in [-0.05, 0) is 47.4 Å². The highest BCUT2D eigenvalue weighted by Gasteiger charge is 2.30. The lowest BCUT2D eigenvalue weighted by molar-refractivity contribution is -0.129. The van der Waals surface area contributed by atoms with Gasteiger partial charge in [0, 0.05) is 11.4 Å². The van der Waals surface area contributed by atoms with Crippen LogP contribution in [0.1, 0.15) is 55.9 Å². The summed E-state index contributed by atoms with van der Waals surface area (Å²) in [6.07, 6.45) is 2.05. The van der Waals surface area contributed by atoms with E-state index in [4.69, 9.17) is 10.6 Å². The van der Waals surface area contributed by atoms with Crippen LogP contribution in [0.2, 0.25) is 0 Å². The molecule has 9 heteroatoms. The molecular weight excluding hydrogens is 442 g/mol. The van der Waals surface area contributed by atoms with Crippen LogP contribution in [-0.4, -0.2) is 38.0 Å². The fourth-order valence-electron chi connectivity index (χ4n) is 3.75. The van der Waals surface area contributed by atoms with Crippen LogP contribution in [0.4, 0.5) is 0 Å². The van der Waals surface area contributed by atoms with Crippen molar-refractivity contribution in [1.82, 2.24) is 19.8 Å². The van der Waals surface area contributed by atoms with Gasteiger partial charge in [-0.1, -0.05) is 50.7 Å². The van der Waals surface area contributed by atoms with Gasteiger partial charge >= 0.3 is 0 Å². The third-order valence-electron chi connectivity index (χ3n) is 5.59. The number of nitrogen functional groups attached to an aromatic ring is 1. The van der Waals surface area contributed by atoms with Crippen molar-refractivity contribution >= 4 is 29.0 Å². The summed E-state index contributed by atoms with van der Waals surface area (Å²) in [5, 5.41) is 10.8. The van der Waals surface area contributed by atoms with Gasteiger partial charge in [0.1, 0.15) is 12.4 Å². The first-order valence-electron chi connectivity index (χ1n) is 10.7. The number of ether oxygens (including phenoxy) is 1. The Kier molecular flexibility index (Phi) is 6.76. The molecular formula is C23H29N5O2S2. The molecule has 1 saturated heterocycles. The highest BCUT2D eigenvalue weighted by atomic mass is 32.2. The second-order valence-corrected chi connectivity index (χ2v) is 10.8. The molecule has 0 bridgehead atoms. The van der Waals surface area contributed by atoms with E-state index >= 15 is 0 Å². The molecule has 1 aromatic carbocycles. The van der Waals surface area contributed by atoms with E-state index in [1.807, 2.05) is 23.1 Å². The highest BCUT2D eigenvalue weighted by molar-refractivity contribution is 7.99. The molecule has 2 N–H and O–H groups in total. The van der Waals surface area contributed by atoms with Crippen LogP contribution >= 0.6 is 23.1 Å². The Labute approximate surface area is 196 Å². The first kappa shape index (κ1) is 22.7. The number of hydrogen-bond donors (Lipinski definition) is 1. The molecule has 1 aliphatic rings. The second kappa shape index (κ2) is 9.54. The molecule has 0 aliphatic carbocycles. The van der Waals surface area contributed by atoms with E-state index in [0.29, 0.717) is 11.0 Å². The van der Waals surface area contributed by atoms with Crippen LogP contribution in [0.15, 0.2) is 46.9 Å². The minimum Gasteiger partial charge on any atom is -0.486 e. The molecule has 1 fully saturated rings. The van der Waals surface area contributed by atoms with Crippen LogP contribution in [0, 0.1) is 0 Å². The zero-order valence-electron chi connectivity index (χ0n) is 18.7. The maximum atomic E-state index is 12.8. The topological polar surface area (TPSA) is 86.3 Å². The number of thiophene rings is 1. The predicted octanol–water partition coefficient (Wildman–Crippen LogP) is 4.39. The number of thioether (sulfide) groups is 1. The Morgan fingerprint density at radius 3 is 2.72 bits per heavy atom. The zero-order valence-corrected chi connectivity index (χ0v) is 20.3. The zero-order chi connectivity index (χ0) is 22.7. The number of nitrogens with zero attached hydrogens (tertiary/aromatic N) is 4. The molecule has 1 unspecified atom stereocenters. The monoisotopic (exact) mass is 471 g/mol. The minimum absolute atomic E-state index is 0.0956. The summed E-state index contributed by atoms with van der Waals surface area (Å²) in [5.41, 5.74) is 1.34. The second-order valence-electron chi connectivity index (χ2n) is 8.88. The number of amides is 1. The summed E-state index contributed by atoms with van der Waals surface area (Å²) >= 11 is 3.02. The molecule has 170 valence electrons. The summed E-state index contributed by atoms with van der Waals surface area (Å²) in [6, 6.07) is 12.4. The van der Waals surface area contributed by atoms with E-state index in [1.165, 1.54) is 26.9 Å². The molecule has 0 spiro atoms. The molecule has 1 atom stereocenters. The number of rotatable bonds is 7. The summed E-state index contributed by atoms with van der Waals surface area (Å²) in [5.74, 6) is 7.81. The summed E-state index contributed by atoms with van der Waals surface area (Å²) in [7, 11) is 0. The van der Waals surface area contributed by atoms with Crippen LogP contribution in [-0.2, 0) is 16.8 Å². The van der Waals surface area contributed by atoms with Crippen LogP contribution in [0.3, 0.4) is 0 Å². The van der Waals surface area contributed by atoms with Gasteiger partial charge in [0.15, 0.2) is 5.82 Å². The van der Waals surface area contributed by atoms with Crippen molar-refractivity contribution < 1.29 is 9.53 Å². The molecule has 32 heavy (non-hydrogen) atoms. The molecule has 3 aromatic rings. The predicted molar refractivity (Wildman–Crippen MR) is 128 cm³/mol. The van der Waals surface area contributed by atoms with Gasteiger partial charge in [-0.25, -0.2) is 4.68 Å². The van der Waals surface area contributed by atoms with Crippen molar-refractivity contribution in [2.24, 2.45) is 0 Å². The first-order chi connectivity index (χ1) is 15.3. The molecule has 3 heterocycles. The summed E-state index contributed by atoms with van der Waals surface area (Å²) < 4.78 is 7.23. The maximum Gasteiger partial charge on any atom is 0.233 e. The number of benzene rings is 1. The molecule has 1 amide bonds. The average molecular weight is 472 g/mol. The lowest BCUT2D eigenvalue weighted by Crippen LogP contribution is -2.31. The summed E-state index contributed by atoms with van der Waals surface area (Å²) in [4.78, 5) is 16.1. The normalized spacial score (nSPS) is 16.5. The van der Waals surface area contributed by atoms with Crippen molar-refractivity contribution in [2.75, 3.05) is 18.1 Å². The Morgan fingerprint density at radius 1 is 1.25 bits per heavy atom. The fraction of sp³-hybridized carbons (Fsp3) is 0.435. The van der Waals surface area contributed by atoms with Crippen molar-refractivity contribution in [3.63, 3.8) is 0 Å². The van der Waals surface area contributed by atoms with Gasteiger partial charge in [-0.15, -0.1) is 21.5 Å². The first-order valence-corrected chi connectivity index (χ1v) is 12.6. The van der Waals surface area contributed by atoms with Crippen LogP contribution in [0.25, 0.3) is 0 Å². The third kappa shape index (κ3) is 5.10. The van der Waals surface area contributed by atoms with E-state index in [1.54, 1.807) is 11.3 Å². The molecule has 0 saturated carbocycles. The van der Waals surface area contributed by atoms with Gasteiger partial charge in [-0.2, -0.15) is 0 Å². The summed E-state index contributed by atoms with van der Waals surface area (Å²) in [6.45, 7) is 7.53. The standard InChI is InChI=1S/C23H29N5O2S2/c1-23(2,3)16-8-10-17(11-9-16)30-14-20-25-26-22(28(20)24)32-15-21(29)27-12-4-6-18(27)19-7-5-13-31-19/h5,7-11,13,18H,4,6,12,14-15,24H2,1-3H3. The smallest absolute Gasteiger partial charge is 0.233 e. The van der Waals surface area contributed by atoms with E-state index in [0.717, 1.165) is 25.1 Å². The maximum absolute atomic E-state index is 12.8. The molecule has 4 rings (SSSR count). The van der Waals surface area contributed by atoms with Crippen molar-refractivity contribution in [1.29, 1.82) is 0 Å². The number of hydrogen-bond acceptors (Lipinski definition) is 7. The Morgan fingerprint density at radius 2 is 2.03 bits per heavy atom. The van der Waals surface area contributed by atoms with Crippen LogP contribution in [0.5, 0.6) is 5.75 Å². The minimum atomic E-state index is 0.0956. The Balaban J connectivity index is 1.31. The number of nitrogens with two attached hydrogens (primary N) is 1. The molecule has 2 aromatic heterocycles. The lowest BCUT2D eigenvalue weighted by Gasteiger charge is -2.23. The van der Waals surface area contributed by atoms with Crippen LogP contribution < -0.4 is 10.6 Å². The highest BCUT2D eigenvalue weighted by Crippen LogP contribution is 2.35. The van der Waals surface area contributed by atoms with Gasteiger partial charge in [0.25, 0.3) is 0 Å². The molecule has 0 radical (unpaired) electrons. The van der Waals surface area contributed by atoms with E-state index in [-0.39, 0.29) is 29.7 Å². The fourth-order valence-corrected chi connectivity index (χ4v) is 5.39. The molecule has 7 nitrogen and oxygen atoms in total. The Hall–Kier alpha value is -2.52.